The first-order valence-corrected chi connectivity index (χ1v) is 5.05. The molecular weight excluding hydrogens is 150 g/mol. The molecule has 1 heterocycles. The van der Waals surface area contributed by atoms with E-state index in [9.17, 15) is 0 Å². The summed E-state index contributed by atoms with van der Waals surface area (Å²) in [6.07, 6.45) is 3.66. The van der Waals surface area contributed by atoms with Crippen LogP contribution in [-0.2, 0) is 4.74 Å². The van der Waals surface area contributed by atoms with Gasteiger partial charge in [-0.05, 0) is 39.8 Å². The van der Waals surface area contributed by atoms with Crippen molar-refractivity contribution in [3.63, 3.8) is 0 Å². The van der Waals surface area contributed by atoms with Crippen LogP contribution in [0.3, 0.4) is 0 Å². The van der Waals surface area contributed by atoms with Gasteiger partial charge in [0.1, 0.15) is 0 Å². The molecule has 0 aromatic rings. The first-order valence-electron chi connectivity index (χ1n) is 5.05. The van der Waals surface area contributed by atoms with Crippen LogP contribution in [0.15, 0.2) is 0 Å². The number of hydrogen-bond acceptors (Lipinski definition) is 2. The van der Waals surface area contributed by atoms with Gasteiger partial charge in [-0.25, -0.2) is 0 Å². The fourth-order valence-corrected chi connectivity index (χ4v) is 2.14. The molecule has 0 spiro atoms. The Kier molecular flexibility index (Phi) is 3.53. The zero-order chi connectivity index (χ0) is 9.03. The summed E-state index contributed by atoms with van der Waals surface area (Å²) >= 11 is 0. The molecule has 0 radical (unpaired) electrons. The van der Waals surface area contributed by atoms with Crippen molar-refractivity contribution in [1.82, 2.24) is 4.90 Å². The summed E-state index contributed by atoms with van der Waals surface area (Å²) in [4.78, 5) is 2.38. The molecule has 72 valence electrons. The number of hydrogen-bond donors (Lipinski definition) is 0. The molecule has 0 amide bonds. The topological polar surface area (TPSA) is 12.5 Å². The highest BCUT2D eigenvalue weighted by Gasteiger charge is 2.32. The molecule has 1 fully saturated rings. The Bertz CT molecular complexity index is 134. The van der Waals surface area contributed by atoms with Crippen molar-refractivity contribution in [1.29, 1.82) is 0 Å². The summed E-state index contributed by atoms with van der Waals surface area (Å²) in [5.74, 6) is 0. The Labute approximate surface area is 75.9 Å². The number of likely N-dealkylation sites (tertiary alicyclic amines) is 1. The summed E-state index contributed by atoms with van der Waals surface area (Å²) in [6, 6.07) is 0. The largest absolute Gasteiger partial charge is 0.374 e. The third kappa shape index (κ3) is 2.20. The van der Waals surface area contributed by atoms with Crippen LogP contribution in [0.4, 0.5) is 0 Å². The maximum Gasteiger partial charge on any atom is 0.0806 e. The van der Waals surface area contributed by atoms with E-state index in [1.807, 2.05) is 0 Å². The lowest BCUT2D eigenvalue weighted by Crippen LogP contribution is -2.47. The molecule has 2 heteroatoms. The average Bonchev–Trinajstić information content (AvgIpc) is 2.05. The molecule has 1 atom stereocenters. The summed E-state index contributed by atoms with van der Waals surface area (Å²) in [7, 11) is 2.18. The fraction of sp³-hybridized carbons (Fsp3) is 1.00. The Morgan fingerprint density at radius 2 is 2.17 bits per heavy atom. The van der Waals surface area contributed by atoms with E-state index < -0.39 is 0 Å². The zero-order valence-corrected chi connectivity index (χ0v) is 8.60. The maximum atomic E-state index is 5.85. The van der Waals surface area contributed by atoms with Gasteiger partial charge in [0.25, 0.3) is 0 Å². The molecule has 0 saturated carbocycles. The molecule has 2 nitrogen and oxygen atoms in total. The Balaban J connectivity index is 2.51. The summed E-state index contributed by atoms with van der Waals surface area (Å²) in [5.41, 5.74) is 0.168. The van der Waals surface area contributed by atoms with Crippen LogP contribution in [-0.4, -0.2) is 37.2 Å². The van der Waals surface area contributed by atoms with Gasteiger partial charge >= 0.3 is 0 Å². The molecule has 1 rings (SSSR count). The molecule has 0 N–H and O–H groups in total. The van der Waals surface area contributed by atoms with Gasteiger partial charge in [-0.2, -0.15) is 0 Å². The van der Waals surface area contributed by atoms with E-state index in [-0.39, 0.29) is 5.60 Å². The van der Waals surface area contributed by atoms with E-state index in [0.717, 1.165) is 19.6 Å². The van der Waals surface area contributed by atoms with Crippen LogP contribution in [0.25, 0.3) is 0 Å². The number of rotatable bonds is 3. The first-order chi connectivity index (χ1) is 5.72. The highest BCUT2D eigenvalue weighted by atomic mass is 16.5. The molecule has 0 aromatic heterocycles. The number of nitrogens with zero attached hydrogens (tertiary/aromatic N) is 1. The lowest BCUT2D eigenvalue weighted by atomic mass is 9.90. The van der Waals surface area contributed by atoms with Gasteiger partial charge in [0.2, 0.25) is 0 Å². The summed E-state index contributed by atoms with van der Waals surface area (Å²) in [5, 5.41) is 0. The van der Waals surface area contributed by atoms with Crippen molar-refractivity contribution in [3.05, 3.63) is 0 Å². The van der Waals surface area contributed by atoms with Gasteiger partial charge < -0.3 is 9.64 Å². The zero-order valence-electron chi connectivity index (χ0n) is 8.60. The van der Waals surface area contributed by atoms with Crippen LogP contribution in [0, 0.1) is 0 Å². The maximum absolute atomic E-state index is 5.85. The van der Waals surface area contributed by atoms with Crippen LogP contribution >= 0.6 is 0 Å². The third-order valence-electron chi connectivity index (χ3n) is 2.83. The predicted molar refractivity (Wildman–Crippen MR) is 51.4 cm³/mol. The van der Waals surface area contributed by atoms with Crippen LogP contribution in [0.5, 0.6) is 0 Å². The van der Waals surface area contributed by atoms with Crippen molar-refractivity contribution in [2.75, 3.05) is 26.7 Å². The van der Waals surface area contributed by atoms with Gasteiger partial charge in [0, 0.05) is 13.2 Å². The Morgan fingerprint density at radius 3 is 2.67 bits per heavy atom. The summed E-state index contributed by atoms with van der Waals surface area (Å²) in [6.45, 7) is 7.51. The lowest BCUT2D eigenvalue weighted by Gasteiger charge is -2.40. The Hall–Kier alpha value is -0.0800. The molecule has 1 aliphatic rings. The number of likely N-dealkylation sites (N-methyl/N-ethyl adjacent to an activating group) is 1. The van der Waals surface area contributed by atoms with Crippen molar-refractivity contribution < 1.29 is 4.74 Å². The third-order valence-corrected chi connectivity index (χ3v) is 2.83. The molecule has 1 saturated heterocycles. The standard InChI is InChI=1S/C10H21NO/c1-4-10(12-5-2)7-6-8-11(3)9-10/h4-9H2,1-3H3. The molecule has 0 aromatic carbocycles. The minimum Gasteiger partial charge on any atom is -0.374 e. The first kappa shape index (κ1) is 10.0. The molecule has 12 heavy (non-hydrogen) atoms. The second-order valence-corrected chi connectivity index (χ2v) is 3.81. The minimum absolute atomic E-state index is 0.168. The van der Waals surface area contributed by atoms with Crippen LogP contribution < -0.4 is 0 Å². The van der Waals surface area contributed by atoms with Gasteiger partial charge in [-0.1, -0.05) is 6.92 Å². The van der Waals surface area contributed by atoms with Crippen molar-refractivity contribution in [2.45, 2.75) is 38.7 Å². The highest BCUT2D eigenvalue weighted by molar-refractivity contribution is 4.86. The van der Waals surface area contributed by atoms with Crippen molar-refractivity contribution in [2.24, 2.45) is 0 Å². The molecule has 0 aliphatic carbocycles. The van der Waals surface area contributed by atoms with Gasteiger partial charge in [-0.3, -0.25) is 0 Å². The van der Waals surface area contributed by atoms with E-state index in [0.29, 0.717) is 0 Å². The second-order valence-electron chi connectivity index (χ2n) is 3.81. The molecular formula is C10H21NO. The second kappa shape index (κ2) is 4.24. The van der Waals surface area contributed by atoms with E-state index >= 15 is 0 Å². The van der Waals surface area contributed by atoms with Crippen molar-refractivity contribution in [3.8, 4) is 0 Å². The van der Waals surface area contributed by atoms with Crippen LogP contribution in [0.2, 0.25) is 0 Å². The monoisotopic (exact) mass is 171 g/mol. The predicted octanol–water partition coefficient (Wildman–Crippen LogP) is 1.90. The van der Waals surface area contributed by atoms with Gasteiger partial charge in [-0.15, -0.1) is 0 Å². The van der Waals surface area contributed by atoms with Gasteiger partial charge in [0.05, 0.1) is 5.60 Å². The van der Waals surface area contributed by atoms with E-state index in [4.69, 9.17) is 4.74 Å². The number of piperidine rings is 1. The van der Waals surface area contributed by atoms with Gasteiger partial charge in [0.15, 0.2) is 0 Å². The SMILES string of the molecule is CCOC1(CC)CCCN(C)C1. The fourth-order valence-electron chi connectivity index (χ4n) is 2.14. The normalized spacial score (nSPS) is 32.2. The lowest BCUT2D eigenvalue weighted by molar-refractivity contribution is -0.0830. The van der Waals surface area contributed by atoms with E-state index in [1.165, 1.54) is 19.4 Å². The average molecular weight is 171 g/mol. The van der Waals surface area contributed by atoms with E-state index in [1.54, 1.807) is 0 Å². The minimum atomic E-state index is 0.168. The van der Waals surface area contributed by atoms with E-state index in [2.05, 4.69) is 25.8 Å². The summed E-state index contributed by atoms with van der Waals surface area (Å²) < 4.78 is 5.85. The Morgan fingerprint density at radius 1 is 1.42 bits per heavy atom. The number of ether oxygens (including phenoxy) is 1. The highest BCUT2D eigenvalue weighted by Crippen LogP contribution is 2.27. The van der Waals surface area contributed by atoms with Crippen LogP contribution in [0.1, 0.15) is 33.1 Å². The molecule has 0 bridgehead atoms. The molecule has 1 aliphatic heterocycles. The smallest absolute Gasteiger partial charge is 0.0806 e. The van der Waals surface area contributed by atoms with Crippen molar-refractivity contribution >= 4 is 0 Å². The molecule has 1 unspecified atom stereocenters. The quantitative estimate of drug-likeness (QED) is 0.643.